The van der Waals surface area contributed by atoms with Gasteiger partial charge in [-0.3, -0.25) is 0 Å². The fourth-order valence-electron chi connectivity index (χ4n) is 1.65. The maximum absolute atomic E-state index is 5.62. The molecule has 0 amide bonds. The summed E-state index contributed by atoms with van der Waals surface area (Å²) in [6, 6.07) is 12.1. The van der Waals surface area contributed by atoms with Gasteiger partial charge in [-0.15, -0.1) is 0 Å². The van der Waals surface area contributed by atoms with Crippen molar-refractivity contribution in [2.45, 2.75) is 19.9 Å². The lowest BCUT2D eigenvalue weighted by Crippen LogP contribution is -2.01. The standard InChI is InChI=1S/C15H17BrN2O/c1-2-8-19-14-5-3-4-12(9-14)10-17-13-6-7-15(16)18-11-13/h3-7,9,11,17H,2,8,10H2,1H3. The second-order valence-electron chi connectivity index (χ2n) is 4.22. The Morgan fingerprint density at radius 2 is 2.16 bits per heavy atom. The Morgan fingerprint density at radius 3 is 2.89 bits per heavy atom. The lowest BCUT2D eigenvalue weighted by Gasteiger charge is -2.09. The van der Waals surface area contributed by atoms with Crippen molar-refractivity contribution in [1.82, 2.24) is 4.98 Å². The van der Waals surface area contributed by atoms with Gasteiger partial charge < -0.3 is 10.1 Å². The number of halogens is 1. The lowest BCUT2D eigenvalue weighted by molar-refractivity contribution is 0.317. The first-order valence-corrected chi connectivity index (χ1v) is 7.14. The molecular weight excluding hydrogens is 304 g/mol. The maximum Gasteiger partial charge on any atom is 0.119 e. The molecule has 0 spiro atoms. The molecule has 19 heavy (non-hydrogen) atoms. The number of hydrogen-bond acceptors (Lipinski definition) is 3. The molecule has 0 aliphatic carbocycles. The SMILES string of the molecule is CCCOc1cccc(CNc2ccc(Br)nc2)c1. The van der Waals surface area contributed by atoms with Gasteiger partial charge in [0.25, 0.3) is 0 Å². The lowest BCUT2D eigenvalue weighted by atomic mass is 10.2. The highest BCUT2D eigenvalue weighted by molar-refractivity contribution is 9.10. The van der Waals surface area contributed by atoms with Gasteiger partial charge >= 0.3 is 0 Å². The van der Waals surface area contributed by atoms with Crippen molar-refractivity contribution in [1.29, 1.82) is 0 Å². The van der Waals surface area contributed by atoms with Crippen molar-refractivity contribution in [2.75, 3.05) is 11.9 Å². The molecule has 0 aliphatic heterocycles. The molecule has 2 aromatic rings. The van der Waals surface area contributed by atoms with Gasteiger partial charge in [-0.05, 0) is 52.2 Å². The third-order valence-corrected chi connectivity index (χ3v) is 3.06. The van der Waals surface area contributed by atoms with Crippen LogP contribution in [0.2, 0.25) is 0 Å². The van der Waals surface area contributed by atoms with E-state index in [0.29, 0.717) is 0 Å². The van der Waals surface area contributed by atoms with E-state index >= 15 is 0 Å². The molecule has 4 heteroatoms. The van der Waals surface area contributed by atoms with Crippen LogP contribution in [0, 0.1) is 0 Å². The zero-order chi connectivity index (χ0) is 13.5. The van der Waals surface area contributed by atoms with Crippen LogP contribution in [-0.2, 0) is 6.54 Å². The van der Waals surface area contributed by atoms with Gasteiger partial charge in [-0.2, -0.15) is 0 Å². The van der Waals surface area contributed by atoms with Gasteiger partial charge in [0.15, 0.2) is 0 Å². The van der Waals surface area contributed by atoms with Crippen LogP contribution in [0.5, 0.6) is 5.75 Å². The van der Waals surface area contributed by atoms with Crippen LogP contribution < -0.4 is 10.1 Å². The van der Waals surface area contributed by atoms with Crippen molar-refractivity contribution in [3.8, 4) is 5.75 Å². The average molecular weight is 321 g/mol. The number of anilines is 1. The van der Waals surface area contributed by atoms with Gasteiger partial charge in [0.2, 0.25) is 0 Å². The van der Waals surface area contributed by atoms with E-state index in [0.717, 1.165) is 35.6 Å². The van der Waals surface area contributed by atoms with Crippen LogP contribution in [0.1, 0.15) is 18.9 Å². The molecule has 0 atom stereocenters. The molecule has 1 N–H and O–H groups in total. The fraction of sp³-hybridized carbons (Fsp3) is 0.267. The summed E-state index contributed by atoms with van der Waals surface area (Å²) in [7, 11) is 0. The molecule has 100 valence electrons. The first kappa shape index (κ1) is 13.9. The van der Waals surface area contributed by atoms with Crippen molar-refractivity contribution in [2.24, 2.45) is 0 Å². The summed E-state index contributed by atoms with van der Waals surface area (Å²) in [5.74, 6) is 0.926. The van der Waals surface area contributed by atoms with E-state index in [2.05, 4.69) is 45.3 Å². The maximum atomic E-state index is 5.62. The normalized spacial score (nSPS) is 10.2. The summed E-state index contributed by atoms with van der Waals surface area (Å²) in [4.78, 5) is 4.18. The van der Waals surface area contributed by atoms with E-state index in [4.69, 9.17) is 4.74 Å². The molecule has 1 aromatic carbocycles. The summed E-state index contributed by atoms with van der Waals surface area (Å²) in [6.07, 6.45) is 2.83. The van der Waals surface area contributed by atoms with Crippen LogP contribution in [0.15, 0.2) is 47.2 Å². The summed E-state index contributed by atoms with van der Waals surface area (Å²) in [5, 5.41) is 3.33. The predicted octanol–water partition coefficient (Wildman–Crippen LogP) is 4.25. The third-order valence-electron chi connectivity index (χ3n) is 2.60. The number of rotatable bonds is 6. The molecule has 0 unspecified atom stereocenters. The van der Waals surface area contributed by atoms with Crippen molar-refractivity contribution in [3.63, 3.8) is 0 Å². The largest absolute Gasteiger partial charge is 0.494 e. The Hall–Kier alpha value is -1.55. The van der Waals surface area contributed by atoms with E-state index < -0.39 is 0 Å². The van der Waals surface area contributed by atoms with Crippen molar-refractivity contribution < 1.29 is 4.74 Å². The minimum Gasteiger partial charge on any atom is -0.494 e. The smallest absolute Gasteiger partial charge is 0.119 e. The van der Waals surface area contributed by atoms with Crippen molar-refractivity contribution >= 4 is 21.6 Å². The number of benzene rings is 1. The first-order chi connectivity index (χ1) is 9.28. The number of ether oxygens (including phenoxy) is 1. The fourth-order valence-corrected chi connectivity index (χ4v) is 1.88. The molecule has 3 nitrogen and oxygen atoms in total. The molecular formula is C15H17BrN2O. The molecule has 0 aliphatic rings. The minimum absolute atomic E-state index is 0.757. The predicted molar refractivity (Wildman–Crippen MR) is 81.5 cm³/mol. The van der Waals surface area contributed by atoms with Crippen LogP contribution in [0.25, 0.3) is 0 Å². The summed E-state index contributed by atoms with van der Waals surface area (Å²) in [5.41, 5.74) is 2.19. The Morgan fingerprint density at radius 1 is 1.26 bits per heavy atom. The van der Waals surface area contributed by atoms with E-state index in [1.807, 2.05) is 30.5 Å². The highest BCUT2D eigenvalue weighted by Gasteiger charge is 1.98. The number of pyridine rings is 1. The molecule has 1 aromatic heterocycles. The zero-order valence-corrected chi connectivity index (χ0v) is 12.5. The Balaban J connectivity index is 1.93. The average Bonchev–Trinajstić information content (AvgIpc) is 2.45. The number of nitrogens with zero attached hydrogens (tertiary/aromatic N) is 1. The van der Waals surface area contributed by atoms with Gasteiger partial charge in [0, 0.05) is 6.54 Å². The first-order valence-electron chi connectivity index (χ1n) is 6.35. The quantitative estimate of drug-likeness (QED) is 0.808. The molecule has 0 fully saturated rings. The highest BCUT2D eigenvalue weighted by atomic mass is 79.9. The Labute approximate surface area is 122 Å². The molecule has 0 bridgehead atoms. The van der Waals surface area contributed by atoms with Crippen LogP contribution in [-0.4, -0.2) is 11.6 Å². The number of aromatic nitrogens is 1. The van der Waals surface area contributed by atoms with Gasteiger partial charge in [-0.1, -0.05) is 19.1 Å². The van der Waals surface area contributed by atoms with E-state index in [1.165, 1.54) is 5.56 Å². The van der Waals surface area contributed by atoms with Crippen LogP contribution in [0.4, 0.5) is 5.69 Å². The van der Waals surface area contributed by atoms with E-state index in [1.54, 1.807) is 0 Å². The van der Waals surface area contributed by atoms with Gasteiger partial charge in [0.05, 0.1) is 18.5 Å². The second kappa shape index (κ2) is 7.14. The summed E-state index contributed by atoms with van der Waals surface area (Å²) >= 11 is 3.32. The van der Waals surface area contributed by atoms with Crippen LogP contribution >= 0.6 is 15.9 Å². The zero-order valence-electron chi connectivity index (χ0n) is 10.9. The van der Waals surface area contributed by atoms with E-state index in [-0.39, 0.29) is 0 Å². The van der Waals surface area contributed by atoms with Crippen molar-refractivity contribution in [3.05, 3.63) is 52.8 Å². The van der Waals surface area contributed by atoms with Crippen LogP contribution in [0.3, 0.4) is 0 Å². The third kappa shape index (κ3) is 4.56. The topological polar surface area (TPSA) is 34.1 Å². The monoisotopic (exact) mass is 320 g/mol. The molecule has 0 saturated heterocycles. The van der Waals surface area contributed by atoms with E-state index in [9.17, 15) is 0 Å². The Bertz CT molecular complexity index is 514. The number of hydrogen-bond donors (Lipinski definition) is 1. The molecule has 0 radical (unpaired) electrons. The highest BCUT2D eigenvalue weighted by Crippen LogP contribution is 2.16. The Kier molecular flexibility index (Phi) is 5.21. The molecule has 2 rings (SSSR count). The number of nitrogens with one attached hydrogen (secondary N) is 1. The molecule has 1 heterocycles. The summed E-state index contributed by atoms with van der Waals surface area (Å²) < 4.78 is 6.46. The second-order valence-corrected chi connectivity index (χ2v) is 5.03. The van der Waals surface area contributed by atoms with Gasteiger partial charge in [0.1, 0.15) is 10.4 Å². The molecule has 0 saturated carbocycles. The summed E-state index contributed by atoms with van der Waals surface area (Å²) in [6.45, 7) is 3.62. The minimum atomic E-state index is 0.757. The van der Waals surface area contributed by atoms with Gasteiger partial charge in [-0.25, -0.2) is 4.98 Å².